The van der Waals surface area contributed by atoms with Crippen molar-refractivity contribution < 1.29 is 23.5 Å². The lowest BCUT2D eigenvalue weighted by atomic mass is 10.0. The molecular weight excluding hydrogens is 303 g/mol. The minimum atomic E-state index is -0.677. The van der Waals surface area contributed by atoms with Gasteiger partial charge in [0.1, 0.15) is 5.60 Å². The number of hydrogen-bond donors (Lipinski definition) is 0. The maximum absolute atomic E-state index is 14.3. The molecule has 0 aromatic heterocycles. The van der Waals surface area contributed by atoms with Crippen LogP contribution in [0, 0.1) is 0 Å². The predicted molar refractivity (Wildman–Crippen MR) is 82.6 cm³/mol. The van der Waals surface area contributed by atoms with Crippen LogP contribution < -0.4 is 0 Å². The SMILES string of the molecule is COC1CN(C(=O)C(F)=C2CCN(C(=O)OC(C)(C)C)CC2)C1. The highest BCUT2D eigenvalue weighted by molar-refractivity contribution is 5.92. The van der Waals surface area contributed by atoms with Crippen molar-refractivity contribution in [1.29, 1.82) is 0 Å². The molecule has 2 aliphatic rings. The van der Waals surface area contributed by atoms with Crippen molar-refractivity contribution in [3.05, 3.63) is 11.4 Å². The van der Waals surface area contributed by atoms with Gasteiger partial charge in [-0.25, -0.2) is 9.18 Å². The molecule has 6 nitrogen and oxygen atoms in total. The highest BCUT2D eigenvalue weighted by Crippen LogP contribution is 2.25. The first-order valence-electron chi connectivity index (χ1n) is 7.89. The van der Waals surface area contributed by atoms with E-state index < -0.39 is 23.4 Å². The number of likely N-dealkylation sites (tertiary alicyclic amines) is 2. The molecule has 2 aliphatic heterocycles. The zero-order valence-corrected chi connectivity index (χ0v) is 14.2. The third-order valence-electron chi connectivity index (χ3n) is 3.99. The molecular formula is C16H25FN2O4. The molecule has 0 radical (unpaired) electrons. The highest BCUT2D eigenvalue weighted by atomic mass is 19.1. The fourth-order valence-electron chi connectivity index (χ4n) is 2.55. The average Bonchev–Trinajstić information content (AvgIpc) is 2.43. The van der Waals surface area contributed by atoms with Crippen LogP contribution in [0.4, 0.5) is 9.18 Å². The zero-order chi connectivity index (χ0) is 17.2. The molecule has 2 fully saturated rings. The minimum Gasteiger partial charge on any atom is -0.444 e. The van der Waals surface area contributed by atoms with Gasteiger partial charge in [-0.2, -0.15) is 0 Å². The van der Waals surface area contributed by atoms with E-state index in [2.05, 4.69) is 0 Å². The maximum atomic E-state index is 14.3. The molecule has 0 N–H and O–H groups in total. The Morgan fingerprint density at radius 2 is 1.70 bits per heavy atom. The molecule has 23 heavy (non-hydrogen) atoms. The monoisotopic (exact) mass is 328 g/mol. The van der Waals surface area contributed by atoms with Crippen LogP contribution in [-0.2, 0) is 14.3 Å². The van der Waals surface area contributed by atoms with Crippen LogP contribution in [0.15, 0.2) is 11.4 Å². The summed E-state index contributed by atoms with van der Waals surface area (Å²) < 4.78 is 24.7. The van der Waals surface area contributed by atoms with Crippen molar-refractivity contribution in [2.45, 2.75) is 45.3 Å². The van der Waals surface area contributed by atoms with Crippen molar-refractivity contribution in [3.63, 3.8) is 0 Å². The molecule has 0 saturated carbocycles. The number of methoxy groups -OCH3 is 1. The Morgan fingerprint density at radius 1 is 1.13 bits per heavy atom. The Kier molecular flexibility index (Phi) is 5.29. The van der Waals surface area contributed by atoms with E-state index in [1.807, 2.05) is 0 Å². The molecule has 0 bridgehead atoms. The number of carbonyl (C=O) groups is 2. The molecule has 2 saturated heterocycles. The maximum Gasteiger partial charge on any atom is 0.410 e. The lowest BCUT2D eigenvalue weighted by Crippen LogP contribution is -2.54. The quantitative estimate of drug-likeness (QED) is 0.729. The number of piperidine rings is 1. The third-order valence-corrected chi connectivity index (χ3v) is 3.99. The molecule has 7 heteroatoms. The minimum absolute atomic E-state index is 0.00534. The average molecular weight is 328 g/mol. The predicted octanol–water partition coefficient (Wildman–Crippen LogP) is 2.10. The molecule has 0 spiro atoms. The summed E-state index contributed by atoms with van der Waals surface area (Å²) in [6.45, 7) is 7.01. The van der Waals surface area contributed by atoms with Crippen LogP contribution in [0.3, 0.4) is 0 Å². The van der Waals surface area contributed by atoms with Gasteiger partial charge in [0, 0.05) is 33.3 Å². The number of ether oxygens (including phenoxy) is 2. The third kappa shape index (κ3) is 4.43. The first kappa shape index (κ1) is 17.7. The van der Waals surface area contributed by atoms with E-state index in [-0.39, 0.29) is 6.10 Å². The summed E-state index contributed by atoms with van der Waals surface area (Å²) in [5.74, 6) is -1.25. The van der Waals surface area contributed by atoms with Crippen LogP contribution in [0.5, 0.6) is 0 Å². The van der Waals surface area contributed by atoms with Gasteiger partial charge in [-0.1, -0.05) is 0 Å². The summed E-state index contributed by atoms with van der Waals surface area (Å²) >= 11 is 0. The van der Waals surface area contributed by atoms with Gasteiger partial charge in [0.15, 0.2) is 5.83 Å². The van der Waals surface area contributed by atoms with E-state index in [4.69, 9.17) is 9.47 Å². The first-order chi connectivity index (χ1) is 10.7. The van der Waals surface area contributed by atoms with Crippen LogP contribution in [0.1, 0.15) is 33.6 Å². The second kappa shape index (κ2) is 6.86. The number of rotatable bonds is 2. The van der Waals surface area contributed by atoms with Crippen LogP contribution in [-0.4, -0.2) is 66.8 Å². The van der Waals surface area contributed by atoms with E-state index in [0.717, 1.165) is 0 Å². The molecule has 0 aliphatic carbocycles. The summed E-state index contributed by atoms with van der Waals surface area (Å²) in [5, 5.41) is 0. The first-order valence-corrected chi connectivity index (χ1v) is 7.89. The van der Waals surface area contributed by atoms with Gasteiger partial charge in [0.25, 0.3) is 5.91 Å². The van der Waals surface area contributed by atoms with Gasteiger partial charge in [-0.15, -0.1) is 0 Å². The Morgan fingerprint density at radius 3 is 2.17 bits per heavy atom. The van der Waals surface area contributed by atoms with Crippen molar-refractivity contribution in [3.8, 4) is 0 Å². The summed E-state index contributed by atoms with van der Waals surface area (Å²) in [7, 11) is 1.58. The number of carbonyl (C=O) groups excluding carboxylic acids is 2. The zero-order valence-electron chi connectivity index (χ0n) is 14.2. The van der Waals surface area contributed by atoms with Gasteiger partial charge in [0.2, 0.25) is 0 Å². The van der Waals surface area contributed by atoms with E-state index in [9.17, 15) is 14.0 Å². The molecule has 0 aromatic carbocycles. The van der Waals surface area contributed by atoms with Gasteiger partial charge in [0.05, 0.1) is 6.10 Å². The van der Waals surface area contributed by atoms with Crippen molar-refractivity contribution in [2.75, 3.05) is 33.3 Å². The Hall–Kier alpha value is -1.63. The largest absolute Gasteiger partial charge is 0.444 e. The molecule has 2 amide bonds. The second-order valence-corrected chi connectivity index (χ2v) is 6.95. The number of amides is 2. The Bertz CT molecular complexity index is 497. The van der Waals surface area contributed by atoms with Crippen LogP contribution >= 0.6 is 0 Å². The van der Waals surface area contributed by atoms with E-state index in [1.165, 1.54) is 4.90 Å². The Balaban J connectivity index is 1.87. The van der Waals surface area contributed by atoms with Crippen molar-refractivity contribution in [1.82, 2.24) is 9.80 Å². The molecule has 0 atom stereocenters. The molecule has 0 aromatic rings. The summed E-state index contributed by atoms with van der Waals surface area (Å²) in [6.07, 6.45) is 0.330. The van der Waals surface area contributed by atoms with Gasteiger partial charge in [-0.3, -0.25) is 4.79 Å². The molecule has 0 unspecified atom stereocenters. The van der Waals surface area contributed by atoms with E-state index >= 15 is 0 Å². The normalized spacial score (nSPS) is 19.4. The Labute approximate surface area is 136 Å². The lowest BCUT2D eigenvalue weighted by Gasteiger charge is -2.38. The van der Waals surface area contributed by atoms with Crippen molar-refractivity contribution >= 4 is 12.0 Å². The van der Waals surface area contributed by atoms with Crippen molar-refractivity contribution in [2.24, 2.45) is 0 Å². The molecule has 130 valence electrons. The van der Waals surface area contributed by atoms with Gasteiger partial charge < -0.3 is 19.3 Å². The van der Waals surface area contributed by atoms with Gasteiger partial charge in [-0.05, 0) is 39.2 Å². The number of hydrogen-bond acceptors (Lipinski definition) is 4. The smallest absolute Gasteiger partial charge is 0.410 e. The standard InChI is InChI=1S/C16H25FN2O4/c1-16(2,3)23-15(21)18-7-5-11(6-8-18)13(17)14(20)19-9-12(10-19)22-4/h12H,5-10H2,1-4H3. The topological polar surface area (TPSA) is 59.1 Å². The van der Waals surface area contributed by atoms with E-state index in [1.54, 1.807) is 32.8 Å². The second-order valence-electron chi connectivity index (χ2n) is 6.95. The number of halogens is 1. The lowest BCUT2D eigenvalue weighted by molar-refractivity contribution is -0.140. The highest BCUT2D eigenvalue weighted by Gasteiger charge is 2.34. The molecule has 2 rings (SSSR count). The summed E-state index contributed by atoms with van der Waals surface area (Å²) in [5.41, 5.74) is -0.0697. The fourth-order valence-corrected chi connectivity index (χ4v) is 2.55. The fraction of sp³-hybridized carbons (Fsp3) is 0.750. The summed E-state index contributed by atoms with van der Waals surface area (Å²) in [6, 6.07) is 0. The summed E-state index contributed by atoms with van der Waals surface area (Å²) in [4.78, 5) is 27.0. The van der Waals surface area contributed by atoms with Crippen LogP contribution in [0.2, 0.25) is 0 Å². The number of nitrogens with zero attached hydrogens (tertiary/aromatic N) is 2. The van der Waals surface area contributed by atoms with Gasteiger partial charge >= 0.3 is 6.09 Å². The van der Waals surface area contributed by atoms with Crippen LogP contribution in [0.25, 0.3) is 0 Å². The molecule has 2 heterocycles. The van der Waals surface area contributed by atoms with E-state index in [0.29, 0.717) is 44.6 Å².